The van der Waals surface area contributed by atoms with Crippen molar-refractivity contribution >= 4 is 21.4 Å². The highest BCUT2D eigenvalue weighted by Gasteiger charge is 2.21. The highest BCUT2D eigenvalue weighted by molar-refractivity contribution is 7.89. The Balaban J connectivity index is 1.83. The minimum atomic E-state index is -3.64. The molecule has 0 saturated carbocycles. The second-order valence-corrected chi connectivity index (χ2v) is 8.06. The number of hydrogen-bond donors (Lipinski definition) is 1. The van der Waals surface area contributed by atoms with Crippen LogP contribution in [0.2, 0.25) is 0 Å². The SMILES string of the molecule is COc1ccc(S(=O)(=O)NC[C@H](c2ccsc2)n2cccn2)c(C)c1. The van der Waals surface area contributed by atoms with Gasteiger partial charge < -0.3 is 4.74 Å². The van der Waals surface area contributed by atoms with Crippen LogP contribution in [0.4, 0.5) is 0 Å². The summed E-state index contributed by atoms with van der Waals surface area (Å²) in [5.74, 6) is 0.629. The molecule has 0 aliphatic rings. The number of aromatic nitrogens is 2. The Morgan fingerprint density at radius 1 is 1.36 bits per heavy atom. The molecule has 1 N–H and O–H groups in total. The molecule has 0 aliphatic carbocycles. The van der Waals surface area contributed by atoms with Crippen LogP contribution in [-0.2, 0) is 10.0 Å². The van der Waals surface area contributed by atoms with Crippen LogP contribution < -0.4 is 9.46 Å². The van der Waals surface area contributed by atoms with E-state index in [1.807, 2.05) is 29.1 Å². The van der Waals surface area contributed by atoms with Crippen molar-refractivity contribution in [2.45, 2.75) is 17.9 Å². The van der Waals surface area contributed by atoms with E-state index in [9.17, 15) is 8.42 Å². The average Bonchev–Trinajstić information content (AvgIpc) is 3.28. The van der Waals surface area contributed by atoms with Gasteiger partial charge in [0.2, 0.25) is 10.0 Å². The molecule has 2 heterocycles. The summed E-state index contributed by atoms with van der Waals surface area (Å²) in [5, 5.41) is 8.22. The predicted octanol–water partition coefficient (Wildman–Crippen LogP) is 2.83. The quantitative estimate of drug-likeness (QED) is 0.687. The molecule has 0 bridgehead atoms. The van der Waals surface area contributed by atoms with Crippen molar-refractivity contribution in [3.63, 3.8) is 0 Å². The molecule has 0 spiro atoms. The fraction of sp³-hybridized carbons (Fsp3) is 0.235. The number of thiophene rings is 1. The maximum Gasteiger partial charge on any atom is 0.240 e. The summed E-state index contributed by atoms with van der Waals surface area (Å²) in [6, 6.07) is 8.51. The summed E-state index contributed by atoms with van der Waals surface area (Å²) < 4.78 is 35.0. The van der Waals surface area contributed by atoms with E-state index in [0.717, 1.165) is 5.56 Å². The van der Waals surface area contributed by atoms with Crippen LogP contribution in [0.1, 0.15) is 17.2 Å². The third kappa shape index (κ3) is 3.92. The zero-order valence-corrected chi connectivity index (χ0v) is 15.5. The van der Waals surface area contributed by atoms with Crippen molar-refractivity contribution in [3.8, 4) is 5.75 Å². The summed E-state index contributed by atoms with van der Waals surface area (Å²) >= 11 is 1.57. The molecule has 1 atom stereocenters. The maximum atomic E-state index is 12.7. The Morgan fingerprint density at radius 3 is 2.80 bits per heavy atom. The minimum absolute atomic E-state index is 0.199. The Hall–Kier alpha value is -2.16. The normalized spacial score (nSPS) is 12.9. The maximum absolute atomic E-state index is 12.7. The number of rotatable bonds is 7. The van der Waals surface area contributed by atoms with Crippen LogP contribution in [0, 0.1) is 6.92 Å². The van der Waals surface area contributed by atoms with E-state index in [4.69, 9.17) is 4.74 Å². The third-order valence-electron chi connectivity index (χ3n) is 3.91. The lowest BCUT2D eigenvalue weighted by molar-refractivity contribution is 0.414. The summed E-state index contributed by atoms with van der Waals surface area (Å²) in [5.41, 5.74) is 1.65. The molecule has 0 aliphatic heterocycles. The molecule has 25 heavy (non-hydrogen) atoms. The number of nitrogens with zero attached hydrogens (tertiary/aromatic N) is 2. The van der Waals surface area contributed by atoms with Gasteiger partial charge in [-0.3, -0.25) is 4.68 Å². The number of benzene rings is 1. The van der Waals surface area contributed by atoms with Gasteiger partial charge in [-0.25, -0.2) is 13.1 Å². The molecule has 0 fully saturated rings. The molecule has 8 heteroatoms. The second-order valence-electron chi connectivity index (χ2n) is 5.54. The fourth-order valence-corrected chi connectivity index (χ4v) is 4.58. The van der Waals surface area contributed by atoms with Gasteiger partial charge in [-0.2, -0.15) is 16.4 Å². The smallest absolute Gasteiger partial charge is 0.240 e. The number of hydrogen-bond acceptors (Lipinski definition) is 5. The van der Waals surface area contributed by atoms with Gasteiger partial charge in [0.25, 0.3) is 0 Å². The van der Waals surface area contributed by atoms with Gasteiger partial charge in [-0.05, 0) is 59.1 Å². The van der Waals surface area contributed by atoms with Crippen molar-refractivity contribution < 1.29 is 13.2 Å². The lowest BCUT2D eigenvalue weighted by Gasteiger charge is -2.18. The Kier molecular flexibility index (Phi) is 5.22. The largest absolute Gasteiger partial charge is 0.497 e. The molecule has 0 amide bonds. The summed E-state index contributed by atoms with van der Waals surface area (Å²) in [6.45, 7) is 1.97. The van der Waals surface area contributed by atoms with E-state index in [-0.39, 0.29) is 17.5 Å². The van der Waals surface area contributed by atoms with Crippen molar-refractivity contribution in [3.05, 3.63) is 64.6 Å². The first-order valence-electron chi connectivity index (χ1n) is 7.67. The molecule has 0 saturated heterocycles. The van der Waals surface area contributed by atoms with Gasteiger partial charge in [0.05, 0.1) is 18.0 Å². The van der Waals surface area contributed by atoms with Crippen LogP contribution in [0.15, 0.2) is 58.4 Å². The molecule has 6 nitrogen and oxygen atoms in total. The van der Waals surface area contributed by atoms with E-state index in [2.05, 4.69) is 9.82 Å². The lowest BCUT2D eigenvalue weighted by atomic mass is 10.1. The topological polar surface area (TPSA) is 73.2 Å². The van der Waals surface area contributed by atoms with E-state index >= 15 is 0 Å². The Bertz CT molecular complexity index is 886. The monoisotopic (exact) mass is 377 g/mol. The average molecular weight is 377 g/mol. The number of nitrogens with one attached hydrogen (secondary N) is 1. The molecular weight excluding hydrogens is 358 g/mol. The third-order valence-corrected chi connectivity index (χ3v) is 6.20. The van der Waals surface area contributed by atoms with Gasteiger partial charge in [0.15, 0.2) is 0 Å². The highest BCUT2D eigenvalue weighted by atomic mass is 32.2. The van der Waals surface area contributed by atoms with Gasteiger partial charge in [0.1, 0.15) is 5.75 Å². The van der Waals surface area contributed by atoms with E-state index in [1.165, 1.54) is 0 Å². The molecule has 3 rings (SSSR count). The molecule has 132 valence electrons. The highest BCUT2D eigenvalue weighted by Crippen LogP contribution is 2.23. The van der Waals surface area contributed by atoms with E-state index in [0.29, 0.717) is 11.3 Å². The minimum Gasteiger partial charge on any atom is -0.497 e. The molecule has 0 radical (unpaired) electrons. The first kappa shape index (κ1) is 17.7. The van der Waals surface area contributed by atoms with Gasteiger partial charge in [-0.1, -0.05) is 0 Å². The first-order chi connectivity index (χ1) is 12.0. The van der Waals surface area contributed by atoms with Crippen molar-refractivity contribution in [2.75, 3.05) is 13.7 Å². The Labute approximate surface area is 151 Å². The second kappa shape index (κ2) is 7.38. The summed E-state index contributed by atoms with van der Waals surface area (Å²) in [6.07, 6.45) is 3.51. The van der Waals surface area contributed by atoms with Crippen LogP contribution >= 0.6 is 11.3 Å². The number of methoxy groups -OCH3 is 1. The van der Waals surface area contributed by atoms with Crippen molar-refractivity contribution in [1.82, 2.24) is 14.5 Å². The summed E-state index contributed by atoms with van der Waals surface area (Å²) in [4.78, 5) is 0.248. The number of sulfonamides is 1. The standard InChI is InChI=1S/C17H19N3O3S2/c1-13-10-15(23-2)4-5-17(13)25(21,22)19-11-16(14-6-9-24-12-14)20-8-3-7-18-20/h3-10,12,16,19H,11H2,1-2H3/t16-/m1/s1. The van der Waals surface area contributed by atoms with Crippen LogP contribution in [0.5, 0.6) is 5.75 Å². The molecule has 2 aromatic heterocycles. The van der Waals surface area contributed by atoms with E-state index < -0.39 is 10.0 Å². The molecular formula is C17H19N3O3S2. The zero-order chi connectivity index (χ0) is 17.9. The van der Waals surface area contributed by atoms with Crippen LogP contribution in [-0.4, -0.2) is 31.9 Å². The Morgan fingerprint density at radius 2 is 2.20 bits per heavy atom. The molecule has 3 aromatic rings. The van der Waals surface area contributed by atoms with Crippen molar-refractivity contribution in [2.24, 2.45) is 0 Å². The number of ether oxygens (including phenoxy) is 1. The van der Waals surface area contributed by atoms with Gasteiger partial charge in [-0.15, -0.1) is 0 Å². The van der Waals surface area contributed by atoms with Crippen LogP contribution in [0.25, 0.3) is 0 Å². The van der Waals surface area contributed by atoms with Crippen molar-refractivity contribution in [1.29, 1.82) is 0 Å². The first-order valence-corrected chi connectivity index (χ1v) is 10.1. The summed E-state index contributed by atoms with van der Waals surface area (Å²) in [7, 11) is -2.08. The predicted molar refractivity (Wildman–Crippen MR) is 97.6 cm³/mol. The van der Waals surface area contributed by atoms with Gasteiger partial charge >= 0.3 is 0 Å². The fourth-order valence-electron chi connectivity index (χ4n) is 2.61. The van der Waals surface area contributed by atoms with E-state index in [1.54, 1.807) is 54.4 Å². The van der Waals surface area contributed by atoms with Crippen LogP contribution in [0.3, 0.4) is 0 Å². The lowest BCUT2D eigenvalue weighted by Crippen LogP contribution is -2.31. The zero-order valence-electron chi connectivity index (χ0n) is 13.9. The van der Waals surface area contributed by atoms with Gasteiger partial charge in [0, 0.05) is 18.9 Å². The molecule has 0 unspecified atom stereocenters. The number of aryl methyl sites for hydroxylation is 1. The molecule has 1 aromatic carbocycles.